The Balaban J connectivity index is 4.04. The van der Waals surface area contributed by atoms with E-state index in [-0.39, 0.29) is 6.54 Å². The van der Waals surface area contributed by atoms with Gasteiger partial charge in [0.05, 0.1) is 12.2 Å². The summed E-state index contributed by atoms with van der Waals surface area (Å²) in [5.41, 5.74) is 0. The number of aliphatic hydroxyl groups is 1. The molecule has 2 unspecified atom stereocenters. The van der Waals surface area contributed by atoms with Crippen molar-refractivity contribution in [2.75, 3.05) is 20.1 Å². The van der Waals surface area contributed by atoms with Crippen LogP contribution in [0, 0.1) is 17.2 Å². The Morgan fingerprint density at radius 1 is 1.47 bits per heavy atom. The minimum absolute atomic E-state index is 0.339. The van der Waals surface area contributed by atoms with Gasteiger partial charge in [-0.25, -0.2) is 0 Å². The lowest BCUT2D eigenvalue weighted by Crippen LogP contribution is -2.35. The SMILES string of the molecule is CC(O)CCN(C)CC(C#N)C(F)(F)F. The van der Waals surface area contributed by atoms with E-state index in [2.05, 4.69) is 0 Å². The van der Waals surface area contributed by atoms with Crippen molar-refractivity contribution in [3.8, 4) is 6.07 Å². The molecule has 3 nitrogen and oxygen atoms in total. The molecule has 0 radical (unpaired) electrons. The second-order valence-electron chi connectivity index (χ2n) is 3.62. The summed E-state index contributed by atoms with van der Waals surface area (Å²) in [4.78, 5) is 1.40. The van der Waals surface area contributed by atoms with Crippen molar-refractivity contribution >= 4 is 0 Å². The van der Waals surface area contributed by atoms with Crippen LogP contribution in [0.15, 0.2) is 0 Å². The van der Waals surface area contributed by atoms with E-state index in [0.29, 0.717) is 13.0 Å². The molecule has 0 saturated heterocycles. The van der Waals surface area contributed by atoms with Crippen LogP contribution in [0.25, 0.3) is 0 Å². The number of hydrogen-bond donors (Lipinski definition) is 1. The van der Waals surface area contributed by atoms with Crippen LogP contribution in [-0.2, 0) is 0 Å². The summed E-state index contributed by atoms with van der Waals surface area (Å²) in [6.45, 7) is 1.55. The van der Waals surface area contributed by atoms with Crippen molar-refractivity contribution < 1.29 is 18.3 Å². The summed E-state index contributed by atoms with van der Waals surface area (Å²) in [6.07, 6.45) is -4.63. The van der Waals surface area contributed by atoms with Crippen molar-refractivity contribution in [3.63, 3.8) is 0 Å². The summed E-state index contributed by atoms with van der Waals surface area (Å²) in [5.74, 6) is -1.96. The van der Waals surface area contributed by atoms with Gasteiger partial charge in [-0.2, -0.15) is 18.4 Å². The predicted octanol–water partition coefficient (Wildman–Crippen LogP) is 1.39. The first-order chi connectivity index (χ1) is 6.77. The topological polar surface area (TPSA) is 47.3 Å². The molecule has 0 aliphatic heterocycles. The summed E-state index contributed by atoms with van der Waals surface area (Å²) in [5, 5.41) is 17.3. The minimum atomic E-state index is -4.48. The quantitative estimate of drug-likeness (QED) is 0.767. The molecule has 0 aromatic heterocycles. The Labute approximate surface area is 87.1 Å². The third-order valence-corrected chi connectivity index (χ3v) is 1.97. The average molecular weight is 224 g/mol. The Kier molecular flexibility index (Phi) is 5.61. The molecular weight excluding hydrogens is 209 g/mol. The maximum atomic E-state index is 12.2. The molecule has 15 heavy (non-hydrogen) atoms. The van der Waals surface area contributed by atoms with E-state index < -0.39 is 18.2 Å². The highest BCUT2D eigenvalue weighted by molar-refractivity contribution is 4.90. The van der Waals surface area contributed by atoms with Gasteiger partial charge in [-0.1, -0.05) is 0 Å². The summed E-state index contributed by atoms with van der Waals surface area (Å²) < 4.78 is 36.5. The van der Waals surface area contributed by atoms with E-state index in [4.69, 9.17) is 10.4 Å². The van der Waals surface area contributed by atoms with Gasteiger partial charge < -0.3 is 10.0 Å². The number of aliphatic hydroxyl groups excluding tert-OH is 1. The zero-order chi connectivity index (χ0) is 12.1. The Hall–Kier alpha value is -0.800. The van der Waals surface area contributed by atoms with Gasteiger partial charge >= 0.3 is 6.18 Å². The van der Waals surface area contributed by atoms with E-state index in [1.165, 1.54) is 18.0 Å². The van der Waals surface area contributed by atoms with Crippen LogP contribution in [0.4, 0.5) is 13.2 Å². The van der Waals surface area contributed by atoms with E-state index in [9.17, 15) is 13.2 Å². The number of nitrogens with zero attached hydrogens (tertiary/aromatic N) is 2. The van der Waals surface area contributed by atoms with Crippen LogP contribution in [0.1, 0.15) is 13.3 Å². The van der Waals surface area contributed by atoms with E-state index in [1.54, 1.807) is 6.92 Å². The molecule has 0 rings (SSSR count). The van der Waals surface area contributed by atoms with Gasteiger partial charge in [-0.3, -0.25) is 0 Å². The lowest BCUT2D eigenvalue weighted by atomic mass is 10.1. The van der Waals surface area contributed by atoms with Crippen molar-refractivity contribution in [1.82, 2.24) is 4.90 Å². The maximum absolute atomic E-state index is 12.2. The predicted molar refractivity (Wildman–Crippen MR) is 49.0 cm³/mol. The highest BCUT2D eigenvalue weighted by atomic mass is 19.4. The molecule has 0 heterocycles. The zero-order valence-electron chi connectivity index (χ0n) is 8.75. The number of halogens is 3. The fraction of sp³-hybridized carbons (Fsp3) is 0.889. The van der Waals surface area contributed by atoms with Crippen LogP contribution < -0.4 is 0 Å². The van der Waals surface area contributed by atoms with Gasteiger partial charge in [0.2, 0.25) is 0 Å². The monoisotopic (exact) mass is 224 g/mol. The number of alkyl halides is 3. The van der Waals surface area contributed by atoms with E-state index >= 15 is 0 Å². The molecule has 0 aliphatic rings. The summed E-state index contributed by atoms with van der Waals surface area (Å²) >= 11 is 0. The first-order valence-electron chi connectivity index (χ1n) is 4.60. The van der Waals surface area contributed by atoms with Crippen LogP contribution >= 0.6 is 0 Å². The fourth-order valence-electron chi connectivity index (χ4n) is 1.03. The molecule has 0 aromatic carbocycles. The summed E-state index contributed by atoms with van der Waals surface area (Å²) in [6, 6.07) is 1.23. The van der Waals surface area contributed by atoms with Gasteiger partial charge in [-0.05, 0) is 20.4 Å². The molecule has 0 saturated carbocycles. The highest BCUT2D eigenvalue weighted by Gasteiger charge is 2.40. The van der Waals surface area contributed by atoms with Crippen molar-refractivity contribution in [1.29, 1.82) is 5.26 Å². The maximum Gasteiger partial charge on any atom is 0.405 e. The van der Waals surface area contributed by atoms with E-state index in [0.717, 1.165) is 0 Å². The van der Waals surface area contributed by atoms with Crippen LogP contribution in [0.5, 0.6) is 0 Å². The van der Waals surface area contributed by atoms with Gasteiger partial charge in [0.15, 0.2) is 5.92 Å². The smallest absolute Gasteiger partial charge is 0.393 e. The molecule has 0 aromatic rings. The first kappa shape index (κ1) is 14.2. The molecule has 88 valence electrons. The van der Waals surface area contributed by atoms with Gasteiger partial charge in [0, 0.05) is 13.1 Å². The van der Waals surface area contributed by atoms with Crippen LogP contribution in [0.2, 0.25) is 0 Å². The Morgan fingerprint density at radius 2 is 2.00 bits per heavy atom. The molecule has 0 aliphatic carbocycles. The number of nitriles is 1. The standard InChI is InChI=1S/C9H15F3N2O/c1-7(15)3-4-14(2)6-8(5-13)9(10,11)12/h7-8,15H,3-4,6H2,1-2H3. The van der Waals surface area contributed by atoms with Crippen molar-refractivity contribution in [2.45, 2.75) is 25.6 Å². The second-order valence-corrected chi connectivity index (χ2v) is 3.62. The van der Waals surface area contributed by atoms with Crippen LogP contribution in [0.3, 0.4) is 0 Å². The molecule has 0 spiro atoms. The normalized spacial score (nSPS) is 16.1. The molecule has 2 atom stereocenters. The fourth-order valence-corrected chi connectivity index (χ4v) is 1.03. The first-order valence-corrected chi connectivity index (χ1v) is 4.60. The molecule has 0 amide bonds. The van der Waals surface area contributed by atoms with Gasteiger partial charge in [0.1, 0.15) is 0 Å². The lowest BCUT2D eigenvalue weighted by Gasteiger charge is -2.21. The molecular formula is C9H15F3N2O. The lowest BCUT2D eigenvalue weighted by molar-refractivity contribution is -0.162. The summed E-state index contributed by atoms with van der Waals surface area (Å²) in [7, 11) is 1.50. The highest BCUT2D eigenvalue weighted by Crippen LogP contribution is 2.26. The zero-order valence-corrected chi connectivity index (χ0v) is 8.75. The van der Waals surface area contributed by atoms with Gasteiger partial charge in [-0.15, -0.1) is 0 Å². The molecule has 0 bridgehead atoms. The minimum Gasteiger partial charge on any atom is -0.393 e. The van der Waals surface area contributed by atoms with Crippen molar-refractivity contribution in [2.24, 2.45) is 5.92 Å². The molecule has 6 heteroatoms. The molecule has 1 N–H and O–H groups in total. The Morgan fingerprint density at radius 3 is 2.33 bits per heavy atom. The van der Waals surface area contributed by atoms with Crippen molar-refractivity contribution in [3.05, 3.63) is 0 Å². The number of hydrogen-bond acceptors (Lipinski definition) is 3. The van der Waals surface area contributed by atoms with Crippen LogP contribution in [-0.4, -0.2) is 42.4 Å². The van der Waals surface area contributed by atoms with E-state index in [1.807, 2.05) is 0 Å². The third-order valence-electron chi connectivity index (χ3n) is 1.97. The molecule has 0 fully saturated rings. The third kappa shape index (κ3) is 6.31. The average Bonchev–Trinajstić information content (AvgIpc) is 2.08. The second kappa shape index (κ2) is 5.93. The largest absolute Gasteiger partial charge is 0.405 e. The van der Waals surface area contributed by atoms with Gasteiger partial charge in [0.25, 0.3) is 0 Å². The number of rotatable bonds is 5. The Bertz CT molecular complexity index is 222.